The fourth-order valence-corrected chi connectivity index (χ4v) is 3.44. The van der Waals surface area contributed by atoms with Gasteiger partial charge in [-0.1, -0.05) is 11.8 Å². The van der Waals surface area contributed by atoms with E-state index in [9.17, 15) is 0 Å². The number of fused-ring (bicyclic) bond motifs is 1. The van der Waals surface area contributed by atoms with Crippen LogP contribution in [0.15, 0.2) is 29.6 Å². The molecule has 0 atom stereocenters. The lowest BCUT2D eigenvalue weighted by atomic mass is 10.1. The molecule has 0 saturated carbocycles. The van der Waals surface area contributed by atoms with Crippen LogP contribution in [0, 0.1) is 0 Å². The summed E-state index contributed by atoms with van der Waals surface area (Å²) in [5.41, 5.74) is 2.20. The molecule has 0 fully saturated rings. The van der Waals surface area contributed by atoms with Gasteiger partial charge in [0.1, 0.15) is 13.2 Å². The summed E-state index contributed by atoms with van der Waals surface area (Å²) in [4.78, 5) is 4.57. The van der Waals surface area contributed by atoms with Crippen LogP contribution in [0.5, 0.6) is 11.5 Å². The van der Waals surface area contributed by atoms with Gasteiger partial charge in [-0.15, -0.1) is 0 Å². The molecule has 0 radical (unpaired) electrons. The predicted octanol–water partition coefficient (Wildman–Crippen LogP) is 3.47. The number of thioether (sulfide) groups is 1. The van der Waals surface area contributed by atoms with Crippen molar-refractivity contribution in [3.63, 3.8) is 0 Å². The highest BCUT2D eigenvalue weighted by Gasteiger charge is 2.16. The fourth-order valence-electron chi connectivity index (χ4n) is 2.55. The zero-order valence-electron chi connectivity index (χ0n) is 13.6. The Labute approximate surface area is 141 Å². The lowest BCUT2D eigenvalue weighted by molar-refractivity contribution is 0.164. The van der Waals surface area contributed by atoms with Gasteiger partial charge in [-0.05, 0) is 32.0 Å². The van der Waals surface area contributed by atoms with Crippen LogP contribution in [0.2, 0.25) is 0 Å². The zero-order chi connectivity index (χ0) is 16.1. The van der Waals surface area contributed by atoms with Crippen LogP contribution >= 0.6 is 11.8 Å². The van der Waals surface area contributed by atoms with Gasteiger partial charge in [0, 0.05) is 24.5 Å². The van der Waals surface area contributed by atoms with Crippen molar-refractivity contribution in [3.8, 4) is 22.8 Å². The minimum Gasteiger partial charge on any atom is -0.486 e. The summed E-state index contributed by atoms with van der Waals surface area (Å²) in [5.74, 6) is 2.53. The van der Waals surface area contributed by atoms with Crippen molar-refractivity contribution in [2.75, 3.05) is 32.2 Å². The van der Waals surface area contributed by atoms with E-state index in [1.807, 2.05) is 25.3 Å². The maximum atomic E-state index is 5.68. The standard InChI is InChI=1S/C17H22N2O3S/c1-3-19-14(12-18-17(19)23-10-9-20-4-2)13-5-6-15-16(11-13)22-8-7-21-15/h5-6,11-12H,3-4,7-10H2,1-2H3. The molecule has 1 aliphatic heterocycles. The molecule has 0 spiro atoms. The molecule has 2 aromatic rings. The minimum absolute atomic E-state index is 0.599. The molecule has 2 heterocycles. The summed E-state index contributed by atoms with van der Waals surface area (Å²) >= 11 is 1.73. The number of aromatic nitrogens is 2. The Morgan fingerprint density at radius 2 is 2.04 bits per heavy atom. The van der Waals surface area contributed by atoms with Crippen molar-refractivity contribution >= 4 is 11.8 Å². The second kappa shape index (κ2) is 7.75. The van der Waals surface area contributed by atoms with Gasteiger partial charge in [0.05, 0.1) is 18.5 Å². The molecule has 1 aromatic heterocycles. The number of rotatable bonds is 7. The number of ether oxygens (including phenoxy) is 3. The first-order chi connectivity index (χ1) is 11.3. The molecule has 0 N–H and O–H groups in total. The summed E-state index contributed by atoms with van der Waals surface area (Å²) < 4.78 is 18.9. The third-order valence-corrected chi connectivity index (χ3v) is 4.59. The normalized spacial score (nSPS) is 13.3. The van der Waals surface area contributed by atoms with E-state index in [2.05, 4.69) is 22.5 Å². The highest BCUT2D eigenvalue weighted by molar-refractivity contribution is 7.99. The number of nitrogens with zero attached hydrogens (tertiary/aromatic N) is 2. The molecule has 6 heteroatoms. The summed E-state index contributed by atoms with van der Waals surface area (Å²) in [6.07, 6.45) is 1.93. The van der Waals surface area contributed by atoms with Crippen LogP contribution in [0.4, 0.5) is 0 Å². The van der Waals surface area contributed by atoms with E-state index in [-0.39, 0.29) is 0 Å². The topological polar surface area (TPSA) is 45.5 Å². The minimum atomic E-state index is 0.599. The van der Waals surface area contributed by atoms with Crippen LogP contribution in [-0.2, 0) is 11.3 Å². The first-order valence-corrected chi connectivity index (χ1v) is 8.98. The summed E-state index contributed by atoms with van der Waals surface area (Å²) in [6.45, 7) is 7.73. The van der Waals surface area contributed by atoms with E-state index in [0.717, 1.165) is 53.4 Å². The van der Waals surface area contributed by atoms with Crippen molar-refractivity contribution in [1.82, 2.24) is 9.55 Å². The monoisotopic (exact) mass is 334 g/mol. The molecule has 23 heavy (non-hydrogen) atoms. The average molecular weight is 334 g/mol. The van der Waals surface area contributed by atoms with Gasteiger partial charge in [-0.2, -0.15) is 0 Å². The first kappa shape index (κ1) is 16.2. The van der Waals surface area contributed by atoms with E-state index in [1.54, 1.807) is 11.8 Å². The Morgan fingerprint density at radius 1 is 1.22 bits per heavy atom. The van der Waals surface area contributed by atoms with Gasteiger partial charge < -0.3 is 18.8 Å². The third-order valence-electron chi connectivity index (χ3n) is 3.64. The summed E-state index contributed by atoms with van der Waals surface area (Å²) in [7, 11) is 0. The van der Waals surface area contributed by atoms with Crippen LogP contribution in [0.3, 0.4) is 0 Å². The van der Waals surface area contributed by atoms with Crippen molar-refractivity contribution in [3.05, 3.63) is 24.4 Å². The first-order valence-electron chi connectivity index (χ1n) is 7.99. The van der Waals surface area contributed by atoms with E-state index in [4.69, 9.17) is 14.2 Å². The van der Waals surface area contributed by atoms with E-state index in [0.29, 0.717) is 13.2 Å². The molecule has 0 unspecified atom stereocenters. The lowest BCUT2D eigenvalue weighted by Gasteiger charge is -2.19. The smallest absolute Gasteiger partial charge is 0.168 e. The van der Waals surface area contributed by atoms with Gasteiger partial charge in [0.15, 0.2) is 16.7 Å². The zero-order valence-corrected chi connectivity index (χ0v) is 14.4. The molecule has 3 rings (SSSR count). The molecule has 124 valence electrons. The Hall–Kier alpha value is -1.66. The molecule has 0 amide bonds. The largest absolute Gasteiger partial charge is 0.486 e. The molecule has 1 aromatic carbocycles. The summed E-state index contributed by atoms with van der Waals surface area (Å²) in [5, 5.41) is 1.03. The number of imidazole rings is 1. The number of hydrogen-bond acceptors (Lipinski definition) is 5. The Kier molecular flexibility index (Phi) is 5.46. The van der Waals surface area contributed by atoms with E-state index in [1.165, 1.54) is 0 Å². The van der Waals surface area contributed by atoms with Crippen LogP contribution in [0.25, 0.3) is 11.3 Å². The molecular formula is C17H22N2O3S. The van der Waals surface area contributed by atoms with Crippen LogP contribution in [-0.4, -0.2) is 41.7 Å². The predicted molar refractivity (Wildman–Crippen MR) is 91.5 cm³/mol. The lowest BCUT2D eigenvalue weighted by Crippen LogP contribution is -2.15. The summed E-state index contributed by atoms with van der Waals surface area (Å²) in [6, 6.07) is 6.07. The molecule has 5 nitrogen and oxygen atoms in total. The maximum Gasteiger partial charge on any atom is 0.168 e. The maximum absolute atomic E-state index is 5.68. The molecule has 1 aliphatic rings. The van der Waals surface area contributed by atoms with Gasteiger partial charge in [-0.25, -0.2) is 4.98 Å². The molecule has 0 aliphatic carbocycles. The van der Waals surface area contributed by atoms with E-state index < -0.39 is 0 Å². The quantitative estimate of drug-likeness (QED) is 0.573. The Bertz CT molecular complexity index is 657. The molecule has 0 bridgehead atoms. The van der Waals surface area contributed by atoms with Crippen LogP contribution in [0.1, 0.15) is 13.8 Å². The highest BCUT2D eigenvalue weighted by atomic mass is 32.2. The second-order valence-corrected chi connectivity index (χ2v) is 6.14. The van der Waals surface area contributed by atoms with E-state index >= 15 is 0 Å². The van der Waals surface area contributed by atoms with Crippen molar-refractivity contribution < 1.29 is 14.2 Å². The van der Waals surface area contributed by atoms with Gasteiger partial charge >= 0.3 is 0 Å². The van der Waals surface area contributed by atoms with Gasteiger partial charge in [-0.3, -0.25) is 0 Å². The number of hydrogen-bond donors (Lipinski definition) is 0. The van der Waals surface area contributed by atoms with Crippen LogP contribution < -0.4 is 9.47 Å². The SMILES string of the molecule is CCOCCSc1ncc(-c2ccc3c(c2)OCCO3)n1CC. The van der Waals surface area contributed by atoms with Crippen molar-refractivity contribution in [2.45, 2.75) is 25.5 Å². The molecular weight excluding hydrogens is 312 g/mol. The van der Waals surface area contributed by atoms with Gasteiger partial charge in [0.25, 0.3) is 0 Å². The second-order valence-electron chi connectivity index (χ2n) is 5.07. The van der Waals surface area contributed by atoms with Gasteiger partial charge in [0.2, 0.25) is 0 Å². The Balaban J connectivity index is 1.81. The third kappa shape index (κ3) is 3.64. The highest BCUT2D eigenvalue weighted by Crippen LogP contribution is 2.35. The van der Waals surface area contributed by atoms with Crippen molar-refractivity contribution in [2.24, 2.45) is 0 Å². The molecule has 0 saturated heterocycles. The fraction of sp³-hybridized carbons (Fsp3) is 0.471. The average Bonchev–Trinajstić information content (AvgIpc) is 3.01. The van der Waals surface area contributed by atoms with Crippen molar-refractivity contribution in [1.29, 1.82) is 0 Å². The number of benzene rings is 1. The Morgan fingerprint density at radius 3 is 2.83 bits per heavy atom.